The molecule has 0 radical (unpaired) electrons. The molecule has 0 aromatic rings. The highest BCUT2D eigenvalue weighted by molar-refractivity contribution is 5.89. The maximum Gasteiger partial charge on any atom is 0.335 e. The summed E-state index contributed by atoms with van der Waals surface area (Å²) in [6.45, 7) is 22.2. The van der Waals surface area contributed by atoms with Crippen molar-refractivity contribution in [3.05, 3.63) is 34.9 Å². The van der Waals surface area contributed by atoms with E-state index in [4.69, 9.17) is 33.2 Å². The number of ether oxygens (including phenoxy) is 7. The maximum atomic E-state index is 13.9. The van der Waals surface area contributed by atoms with Gasteiger partial charge >= 0.3 is 23.9 Å². The molecule has 2 aliphatic heterocycles. The zero-order chi connectivity index (χ0) is 52.7. The molecule has 2 saturated heterocycles. The van der Waals surface area contributed by atoms with Crippen molar-refractivity contribution in [2.45, 2.75) is 208 Å². The number of carbonyl (C=O) groups is 4. The van der Waals surface area contributed by atoms with E-state index >= 15 is 0 Å². The normalized spacial score (nSPS) is 46.2. The SMILES string of the molecule is CC=C(C)C(=O)O[C@H]1[C@H](OC(=O)/C(C)=C\C)[C@]2(CO)[C@H](OC(C)=O)C[C@]3(C)C(=CC[C@@H]4[C@@]5(C)CC[C@H](O[C@@H]6O[C@H](C(=O)O)[C@@H](O)[C@H](O[C@@H]7OC[C@H](O)[C@H](O)[C@H]7O)[C@H]6O)C(C)(C)[C@@H]5CC[C@]43C)[C@@H]2CC1(C)C. The molecule has 0 aromatic carbocycles. The van der Waals surface area contributed by atoms with Crippen LogP contribution in [-0.4, -0.2) is 153 Å². The van der Waals surface area contributed by atoms with Crippen LogP contribution in [0.3, 0.4) is 0 Å². The number of allylic oxidation sites excluding steroid dienone is 4. The minimum Gasteiger partial charge on any atom is -0.479 e. The van der Waals surface area contributed by atoms with Gasteiger partial charge in [0.15, 0.2) is 24.8 Å². The summed E-state index contributed by atoms with van der Waals surface area (Å²) in [5.41, 5.74) is -2.30. The second-order valence-electron chi connectivity index (χ2n) is 23.8. The predicted molar refractivity (Wildman–Crippen MR) is 252 cm³/mol. The topological polar surface area (TPSA) is 274 Å². The number of carboxylic acids is 1. The molecule has 0 spiro atoms. The minimum absolute atomic E-state index is 0.0328. The van der Waals surface area contributed by atoms with Gasteiger partial charge in [0.05, 0.1) is 24.7 Å². The third kappa shape index (κ3) is 8.94. The average Bonchev–Trinajstić information content (AvgIpc) is 3.29. The number of carboxylic acid groups (broad SMARTS) is 1. The van der Waals surface area contributed by atoms with Crippen LogP contribution in [0.2, 0.25) is 0 Å². The lowest BCUT2D eigenvalue weighted by molar-refractivity contribution is -0.357. The molecule has 0 bridgehead atoms. The summed E-state index contributed by atoms with van der Waals surface area (Å²) < 4.78 is 42.7. The molecule has 7 rings (SSSR count). The minimum atomic E-state index is -1.93. The molecule has 4 saturated carbocycles. The van der Waals surface area contributed by atoms with E-state index in [9.17, 15) is 54.9 Å². The van der Waals surface area contributed by atoms with Crippen molar-refractivity contribution in [2.24, 2.45) is 50.2 Å². The second-order valence-corrected chi connectivity index (χ2v) is 23.8. The Labute approximate surface area is 417 Å². The molecule has 6 fully saturated rings. The predicted octanol–water partition coefficient (Wildman–Crippen LogP) is 4.04. The monoisotopic (exact) mass is 1000 g/mol. The van der Waals surface area contributed by atoms with Crippen LogP contribution in [-0.2, 0) is 52.3 Å². The van der Waals surface area contributed by atoms with Crippen molar-refractivity contribution in [1.82, 2.24) is 0 Å². The van der Waals surface area contributed by atoms with Gasteiger partial charge in [0, 0.05) is 23.5 Å². The van der Waals surface area contributed by atoms with E-state index in [-0.39, 0.29) is 17.3 Å². The maximum absolute atomic E-state index is 13.9. The van der Waals surface area contributed by atoms with Gasteiger partial charge in [-0.1, -0.05) is 72.3 Å². The van der Waals surface area contributed by atoms with Crippen molar-refractivity contribution in [1.29, 1.82) is 0 Å². The van der Waals surface area contributed by atoms with Gasteiger partial charge in [0.1, 0.15) is 48.8 Å². The van der Waals surface area contributed by atoms with Crippen LogP contribution in [0.4, 0.5) is 0 Å². The summed E-state index contributed by atoms with van der Waals surface area (Å²) in [7, 11) is 0. The van der Waals surface area contributed by atoms with Crippen LogP contribution in [0.25, 0.3) is 0 Å². The average molecular weight is 1010 g/mol. The molecule has 7 aliphatic rings. The Balaban J connectivity index is 1.22. The van der Waals surface area contributed by atoms with E-state index in [1.807, 2.05) is 13.8 Å². The first-order valence-electron chi connectivity index (χ1n) is 25.4. The molecular formula is C53H80O18. The number of fused-ring (bicyclic) bond motifs is 7. The standard InChI is InChI=1S/C53H80O18/c1-13-25(3)44(63)70-41-42(71-45(64)26(4)14-2)53(24-54)29(21-48(41,6)7)28-15-16-32-50(10)19-18-33(49(8,9)31(50)17-20-51(32,11)52(28,12)22-34(53)66-27(5)55)67-47-38(60)39(37(59)40(69-47)43(61)62)68-46-36(58)35(57)30(56)23-65-46/h13-15,29-42,46-47,54,56-60H,16-24H2,1-12H3,(H,61,62)/b25-13?,26-14-/t29-,30-,31-,32+,33-,34+,35-,36+,37-,38+,39-,40-,41-,42-,46-,47+,50-,51+,52+,53-/m0/s1. The van der Waals surface area contributed by atoms with Crippen molar-refractivity contribution in [3.8, 4) is 0 Å². The van der Waals surface area contributed by atoms with Crippen LogP contribution in [0.5, 0.6) is 0 Å². The first-order chi connectivity index (χ1) is 33.0. The summed E-state index contributed by atoms with van der Waals surface area (Å²) >= 11 is 0. The van der Waals surface area contributed by atoms with Crippen LogP contribution >= 0.6 is 0 Å². The fraction of sp³-hybridized carbons (Fsp3) is 0.811. The lowest BCUT2D eigenvalue weighted by Crippen LogP contribution is -2.73. The number of aliphatic hydroxyl groups is 6. The fourth-order valence-electron chi connectivity index (χ4n) is 15.0. The molecule has 18 heteroatoms. The summed E-state index contributed by atoms with van der Waals surface area (Å²) in [4.78, 5) is 53.3. The van der Waals surface area contributed by atoms with Gasteiger partial charge in [-0.15, -0.1) is 0 Å². The molecule has 400 valence electrons. The summed E-state index contributed by atoms with van der Waals surface area (Å²) in [5, 5.41) is 75.7. The number of aliphatic carboxylic acids is 1. The zero-order valence-electron chi connectivity index (χ0n) is 43.5. The van der Waals surface area contributed by atoms with Gasteiger partial charge in [-0.3, -0.25) is 4.79 Å². The third-order valence-corrected chi connectivity index (χ3v) is 19.4. The highest BCUT2D eigenvalue weighted by atomic mass is 16.7. The smallest absolute Gasteiger partial charge is 0.335 e. The fourth-order valence-corrected chi connectivity index (χ4v) is 15.0. The molecule has 0 amide bonds. The lowest BCUT2D eigenvalue weighted by atomic mass is 9.33. The number of aliphatic hydroxyl groups excluding tert-OH is 6. The van der Waals surface area contributed by atoms with Crippen molar-refractivity contribution in [2.75, 3.05) is 13.2 Å². The van der Waals surface area contributed by atoms with Crippen LogP contribution < -0.4 is 0 Å². The van der Waals surface area contributed by atoms with Crippen molar-refractivity contribution < 1.29 is 88.1 Å². The first-order valence-corrected chi connectivity index (χ1v) is 25.4. The first kappa shape index (κ1) is 55.5. The molecule has 20 atom stereocenters. The zero-order valence-corrected chi connectivity index (χ0v) is 43.5. The quantitative estimate of drug-likeness (QED) is 0.0506. The Kier molecular flexibility index (Phi) is 15.4. The Morgan fingerprint density at radius 2 is 1.35 bits per heavy atom. The number of hydrogen-bond donors (Lipinski definition) is 7. The summed E-state index contributed by atoms with van der Waals surface area (Å²) in [6.07, 6.45) is -9.48. The van der Waals surface area contributed by atoms with Crippen LogP contribution in [0, 0.1) is 50.2 Å². The van der Waals surface area contributed by atoms with Crippen molar-refractivity contribution in [3.63, 3.8) is 0 Å². The summed E-state index contributed by atoms with van der Waals surface area (Å²) in [5.74, 6) is -3.66. The molecule has 0 aromatic heterocycles. The van der Waals surface area contributed by atoms with E-state index in [1.165, 1.54) is 6.92 Å². The van der Waals surface area contributed by atoms with Gasteiger partial charge in [0.2, 0.25) is 0 Å². The summed E-state index contributed by atoms with van der Waals surface area (Å²) in [6, 6.07) is 0. The van der Waals surface area contributed by atoms with Crippen LogP contribution in [0.15, 0.2) is 34.9 Å². The van der Waals surface area contributed by atoms with Gasteiger partial charge in [0.25, 0.3) is 0 Å². The highest BCUT2D eigenvalue weighted by Crippen LogP contribution is 2.76. The number of hydrogen-bond acceptors (Lipinski definition) is 17. The third-order valence-electron chi connectivity index (χ3n) is 19.4. The molecule has 2 heterocycles. The Morgan fingerprint density at radius 1 is 0.732 bits per heavy atom. The molecule has 0 unspecified atom stereocenters. The molecule has 7 N–H and O–H groups in total. The molecule has 5 aliphatic carbocycles. The van der Waals surface area contributed by atoms with Gasteiger partial charge < -0.3 is 68.9 Å². The number of rotatable bonds is 11. The largest absolute Gasteiger partial charge is 0.479 e. The number of esters is 3. The number of carbonyl (C=O) groups excluding carboxylic acids is 3. The Hall–Kier alpha value is -3.30. The Morgan fingerprint density at radius 3 is 1.93 bits per heavy atom. The van der Waals surface area contributed by atoms with Crippen molar-refractivity contribution >= 4 is 23.9 Å². The molecular weight excluding hydrogens is 925 g/mol. The van der Waals surface area contributed by atoms with E-state index in [0.29, 0.717) is 43.3 Å². The van der Waals surface area contributed by atoms with Gasteiger partial charge in [-0.25, -0.2) is 14.4 Å². The lowest BCUT2D eigenvalue weighted by Gasteiger charge is -2.72. The van der Waals surface area contributed by atoms with E-state index < -0.39 is 150 Å². The second kappa shape index (κ2) is 19.8. The van der Waals surface area contributed by atoms with Gasteiger partial charge in [-0.05, 0) is 112 Å². The Bertz CT molecular complexity index is 2150. The highest BCUT2D eigenvalue weighted by Gasteiger charge is 2.74. The van der Waals surface area contributed by atoms with E-state index in [2.05, 4.69) is 40.7 Å². The van der Waals surface area contributed by atoms with Gasteiger partial charge in [-0.2, -0.15) is 0 Å². The van der Waals surface area contributed by atoms with E-state index in [1.54, 1.807) is 39.8 Å². The molecule has 18 nitrogen and oxygen atoms in total. The molecule has 71 heavy (non-hydrogen) atoms. The van der Waals surface area contributed by atoms with Crippen LogP contribution in [0.1, 0.15) is 128 Å². The van der Waals surface area contributed by atoms with E-state index in [0.717, 1.165) is 18.4 Å².